The maximum Gasteiger partial charge on any atom is 0.254 e. The number of amides is 2. The third-order valence-corrected chi connectivity index (χ3v) is 4.85. The van der Waals surface area contributed by atoms with Crippen LogP contribution in [0.3, 0.4) is 0 Å². The lowest BCUT2D eigenvalue weighted by Gasteiger charge is -2.22. The molecule has 2 amide bonds. The van der Waals surface area contributed by atoms with Gasteiger partial charge in [0, 0.05) is 30.4 Å². The van der Waals surface area contributed by atoms with Crippen molar-refractivity contribution in [3.63, 3.8) is 0 Å². The average Bonchev–Trinajstić information content (AvgIpc) is 3.24. The molecule has 0 saturated carbocycles. The molecular weight excluding hydrogens is 306 g/mol. The standard InChI is InChI=1S/C18H25N3O3/c1-12-8-13(10-19)11-21(12)18(23)14-4-2-5-15(9-14)20-17(22)16-6-3-7-24-16/h2,4-5,9,12-13,16H,3,6-8,10-11,19H2,1H3,(H,20,22). The van der Waals surface area contributed by atoms with Crippen molar-refractivity contribution in [3.05, 3.63) is 29.8 Å². The first-order valence-corrected chi connectivity index (χ1v) is 8.62. The maximum absolute atomic E-state index is 12.8. The fourth-order valence-corrected chi connectivity index (χ4v) is 3.50. The molecular formula is C18H25N3O3. The molecule has 6 nitrogen and oxygen atoms in total. The lowest BCUT2D eigenvalue weighted by Crippen LogP contribution is -2.34. The van der Waals surface area contributed by atoms with Gasteiger partial charge in [-0.2, -0.15) is 0 Å². The first-order valence-electron chi connectivity index (χ1n) is 8.62. The lowest BCUT2D eigenvalue weighted by atomic mass is 10.1. The summed E-state index contributed by atoms with van der Waals surface area (Å²) in [6.07, 6.45) is 2.22. The van der Waals surface area contributed by atoms with Crippen molar-refractivity contribution in [2.75, 3.05) is 25.0 Å². The Bertz CT molecular complexity index is 613. The molecule has 6 heteroatoms. The SMILES string of the molecule is CC1CC(CN)CN1C(=O)c1cccc(NC(=O)C2CCCO2)c1. The fraction of sp³-hybridized carbons (Fsp3) is 0.556. The smallest absolute Gasteiger partial charge is 0.254 e. The molecule has 2 heterocycles. The van der Waals surface area contributed by atoms with Gasteiger partial charge in [0.05, 0.1) is 0 Å². The molecule has 0 aliphatic carbocycles. The van der Waals surface area contributed by atoms with E-state index in [0.29, 0.717) is 36.9 Å². The van der Waals surface area contributed by atoms with Crippen LogP contribution in [-0.2, 0) is 9.53 Å². The molecule has 0 bridgehead atoms. The number of hydrogen-bond acceptors (Lipinski definition) is 4. The van der Waals surface area contributed by atoms with Crippen LogP contribution >= 0.6 is 0 Å². The number of rotatable bonds is 4. The number of carbonyl (C=O) groups is 2. The zero-order valence-electron chi connectivity index (χ0n) is 14.0. The van der Waals surface area contributed by atoms with Crippen LogP contribution in [0.25, 0.3) is 0 Å². The van der Waals surface area contributed by atoms with Crippen LogP contribution in [0, 0.1) is 5.92 Å². The molecule has 3 atom stereocenters. The summed E-state index contributed by atoms with van der Waals surface area (Å²) in [7, 11) is 0. The number of ether oxygens (including phenoxy) is 1. The molecule has 2 saturated heterocycles. The Hall–Kier alpha value is -1.92. The van der Waals surface area contributed by atoms with E-state index < -0.39 is 0 Å². The molecule has 1 aromatic rings. The Balaban J connectivity index is 1.68. The highest BCUT2D eigenvalue weighted by atomic mass is 16.5. The molecule has 0 radical (unpaired) electrons. The van der Waals surface area contributed by atoms with Gasteiger partial charge in [0.25, 0.3) is 11.8 Å². The first kappa shape index (κ1) is 16.9. The highest BCUT2D eigenvalue weighted by molar-refractivity contribution is 5.98. The first-order chi connectivity index (χ1) is 11.6. The summed E-state index contributed by atoms with van der Waals surface area (Å²) in [4.78, 5) is 26.8. The minimum Gasteiger partial charge on any atom is -0.368 e. The summed E-state index contributed by atoms with van der Waals surface area (Å²) in [5.41, 5.74) is 6.95. The van der Waals surface area contributed by atoms with Crippen LogP contribution in [0.4, 0.5) is 5.69 Å². The number of nitrogens with one attached hydrogen (secondary N) is 1. The van der Waals surface area contributed by atoms with E-state index in [-0.39, 0.29) is 24.0 Å². The molecule has 3 unspecified atom stereocenters. The predicted octanol–water partition coefficient (Wildman–Crippen LogP) is 1.61. The van der Waals surface area contributed by atoms with E-state index in [4.69, 9.17) is 10.5 Å². The minimum absolute atomic E-state index is 0.00772. The third kappa shape index (κ3) is 3.60. The Morgan fingerprint density at radius 1 is 1.42 bits per heavy atom. The van der Waals surface area contributed by atoms with E-state index in [1.54, 1.807) is 24.3 Å². The van der Waals surface area contributed by atoms with Crippen molar-refractivity contribution in [2.45, 2.75) is 38.3 Å². The van der Waals surface area contributed by atoms with Crippen LogP contribution in [0.2, 0.25) is 0 Å². The summed E-state index contributed by atoms with van der Waals surface area (Å²) in [6, 6.07) is 7.29. The summed E-state index contributed by atoms with van der Waals surface area (Å²) in [6.45, 7) is 3.98. The van der Waals surface area contributed by atoms with E-state index in [0.717, 1.165) is 19.3 Å². The second kappa shape index (κ2) is 7.32. The van der Waals surface area contributed by atoms with Crippen molar-refractivity contribution < 1.29 is 14.3 Å². The van der Waals surface area contributed by atoms with Crippen molar-refractivity contribution in [2.24, 2.45) is 11.7 Å². The lowest BCUT2D eigenvalue weighted by molar-refractivity contribution is -0.124. The Morgan fingerprint density at radius 3 is 2.92 bits per heavy atom. The number of likely N-dealkylation sites (tertiary alicyclic amines) is 1. The number of nitrogens with two attached hydrogens (primary N) is 1. The van der Waals surface area contributed by atoms with E-state index in [2.05, 4.69) is 12.2 Å². The summed E-state index contributed by atoms with van der Waals surface area (Å²) < 4.78 is 5.39. The molecule has 2 aliphatic heterocycles. The van der Waals surface area contributed by atoms with Gasteiger partial charge in [-0.15, -0.1) is 0 Å². The van der Waals surface area contributed by atoms with Crippen LogP contribution in [0.1, 0.15) is 36.5 Å². The van der Waals surface area contributed by atoms with Gasteiger partial charge in [-0.3, -0.25) is 9.59 Å². The maximum atomic E-state index is 12.8. The van der Waals surface area contributed by atoms with Gasteiger partial charge >= 0.3 is 0 Å². The van der Waals surface area contributed by atoms with E-state index in [9.17, 15) is 9.59 Å². The van der Waals surface area contributed by atoms with Crippen molar-refractivity contribution >= 4 is 17.5 Å². The van der Waals surface area contributed by atoms with Crippen molar-refractivity contribution in [3.8, 4) is 0 Å². The van der Waals surface area contributed by atoms with Gasteiger partial charge in [0.2, 0.25) is 0 Å². The summed E-state index contributed by atoms with van der Waals surface area (Å²) >= 11 is 0. The largest absolute Gasteiger partial charge is 0.368 e. The number of benzene rings is 1. The van der Waals surface area contributed by atoms with Crippen molar-refractivity contribution in [1.82, 2.24) is 4.90 Å². The van der Waals surface area contributed by atoms with Gasteiger partial charge in [0.1, 0.15) is 6.10 Å². The predicted molar refractivity (Wildman–Crippen MR) is 91.7 cm³/mol. The van der Waals surface area contributed by atoms with E-state index in [1.807, 2.05) is 4.90 Å². The zero-order valence-corrected chi connectivity index (χ0v) is 14.0. The molecule has 3 N–H and O–H groups in total. The fourth-order valence-electron chi connectivity index (χ4n) is 3.50. The molecule has 0 spiro atoms. The molecule has 130 valence electrons. The minimum atomic E-state index is -0.381. The second-order valence-corrected chi connectivity index (χ2v) is 6.72. The number of nitrogens with zero attached hydrogens (tertiary/aromatic N) is 1. The van der Waals surface area contributed by atoms with Gasteiger partial charge in [-0.25, -0.2) is 0 Å². The molecule has 0 aromatic heterocycles. The highest BCUT2D eigenvalue weighted by Gasteiger charge is 2.32. The molecule has 2 fully saturated rings. The van der Waals surface area contributed by atoms with E-state index >= 15 is 0 Å². The second-order valence-electron chi connectivity index (χ2n) is 6.72. The van der Waals surface area contributed by atoms with Crippen LogP contribution in [-0.4, -0.2) is 48.6 Å². The quantitative estimate of drug-likeness (QED) is 0.878. The van der Waals surface area contributed by atoms with E-state index in [1.165, 1.54) is 0 Å². The van der Waals surface area contributed by atoms with Gasteiger partial charge in [0.15, 0.2) is 0 Å². The number of anilines is 1. The van der Waals surface area contributed by atoms with Gasteiger partial charge < -0.3 is 20.7 Å². The molecule has 1 aromatic carbocycles. The summed E-state index contributed by atoms with van der Waals surface area (Å²) in [5.74, 6) is 0.216. The zero-order chi connectivity index (χ0) is 17.1. The normalized spacial score (nSPS) is 26.6. The highest BCUT2D eigenvalue weighted by Crippen LogP contribution is 2.25. The van der Waals surface area contributed by atoms with Gasteiger partial charge in [-0.05, 0) is 56.8 Å². The average molecular weight is 331 g/mol. The molecule has 3 rings (SSSR count). The van der Waals surface area contributed by atoms with Gasteiger partial charge in [-0.1, -0.05) is 6.07 Å². The van der Waals surface area contributed by atoms with Crippen LogP contribution in [0.15, 0.2) is 24.3 Å². The summed E-state index contributed by atoms with van der Waals surface area (Å²) in [5, 5.41) is 2.85. The van der Waals surface area contributed by atoms with Crippen molar-refractivity contribution in [1.29, 1.82) is 0 Å². The Labute approximate surface area is 142 Å². The number of carbonyl (C=O) groups excluding carboxylic acids is 2. The molecule has 24 heavy (non-hydrogen) atoms. The van der Waals surface area contributed by atoms with Crippen LogP contribution in [0.5, 0.6) is 0 Å². The Kier molecular flexibility index (Phi) is 5.16. The third-order valence-electron chi connectivity index (χ3n) is 4.85. The number of hydrogen-bond donors (Lipinski definition) is 2. The monoisotopic (exact) mass is 331 g/mol. The topological polar surface area (TPSA) is 84.7 Å². The molecule has 2 aliphatic rings. The van der Waals surface area contributed by atoms with Crippen LogP contribution < -0.4 is 11.1 Å². The Morgan fingerprint density at radius 2 is 2.25 bits per heavy atom.